The van der Waals surface area contributed by atoms with Gasteiger partial charge in [0.1, 0.15) is 6.10 Å². The lowest BCUT2D eigenvalue weighted by Gasteiger charge is -2.31. The highest BCUT2D eigenvalue weighted by molar-refractivity contribution is 7.89. The van der Waals surface area contributed by atoms with Gasteiger partial charge in [-0.15, -0.1) is 0 Å². The number of nitrogens with one attached hydrogen (secondary N) is 3. The molecular weight excluding hydrogens is 636 g/mol. The van der Waals surface area contributed by atoms with E-state index in [-0.39, 0.29) is 55.0 Å². The molecule has 12 nitrogen and oxygen atoms in total. The standard InChI is InChI=1S/C35H48N4O8S/c1-5-23(4)17-36-18-28-27-16-25(11-12-29(27)37-33(28)41)48(43,44)39(19-22(2)3)20-31(40)30(15-24-9-7-6-8-10-24)38-35(42)47-32-21-46-34-26(32)13-14-45-34/h6-12,16,18,22-23,26,30-32,34,36,40H,5,13-15,17,19-21H2,1-4H3,(H,37,41)(H,38,42). The van der Waals surface area contributed by atoms with E-state index < -0.39 is 34.4 Å². The number of hydrogen-bond acceptors (Lipinski definition) is 9. The van der Waals surface area contributed by atoms with E-state index in [2.05, 4.69) is 29.8 Å². The summed E-state index contributed by atoms with van der Waals surface area (Å²) in [5.41, 5.74) is 2.22. The molecule has 5 rings (SSSR count). The summed E-state index contributed by atoms with van der Waals surface area (Å²) >= 11 is 0. The molecule has 0 radical (unpaired) electrons. The molecule has 2 aromatic rings. The number of alkyl carbamates (subject to hydrolysis) is 1. The smallest absolute Gasteiger partial charge is 0.407 e. The molecule has 0 spiro atoms. The van der Waals surface area contributed by atoms with Crippen molar-refractivity contribution in [2.75, 3.05) is 38.2 Å². The molecule has 6 unspecified atom stereocenters. The summed E-state index contributed by atoms with van der Waals surface area (Å²) in [6.07, 6.45) is 0.716. The molecule has 6 atom stereocenters. The van der Waals surface area contributed by atoms with E-state index in [9.17, 15) is 23.1 Å². The van der Waals surface area contributed by atoms with Crippen molar-refractivity contribution in [1.82, 2.24) is 14.9 Å². The maximum Gasteiger partial charge on any atom is 0.407 e. The number of hydrogen-bond donors (Lipinski definition) is 4. The molecule has 2 aromatic carbocycles. The third-order valence-corrected chi connectivity index (χ3v) is 10.9. The molecular formula is C35H48N4O8S. The third-order valence-electron chi connectivity index (χ3n) is 9.09. The Bertz CT molecular complexity index is 1570. The van der Waals surface area contributed by atoms with Gasteiger partial charge in [-0.3, -0.25) is 4.79 Å². The van der Waals surface area contributed by atoms with E-state index in [0.717, 1.165) is 18.4 Å². The molecule has 2 amide bonds. The van der Waals surface area contributed by atoms with Crippen LogP contribution < -0.4 is 16.0 Å². The Labute approximate surface area is 283 Å². The summed E-state index contributed by atoms with van der Waals surface area (Å²) in [6, 6.07) is 13.0. The highest BCUT2D eigenvalue weighted by Crippen LogP contribution is 2.35. The quantitative estimate of drug-likeness (QED) is 0.206. The average molecular weight is 685 g/mol. The maximum atomic E-state index is 14.2. The monoisotopic (exact) mass is 684 g/mol. The molecule has 3 heterocycles. The van der Waals surface area contributed by atoms with E-state index in [0.29, 0.717) is 35.9 Å². The zero-order valence-electron chi connectivity index (χ0n) is 28.1. The number of rotatable bonds is 15. The molecule has 13 heteroatoms. The summed E-state index contributed by atoms with van der Waals surface area (Å²) in [4.78, 5) is 25.9. The Morgan fingerprint density at radius 2 is 1.92 bits per heavy atom. The molecule has 0 saturated carbocycles. The zero-order chi connectivity index (χ0) is 34.4. The van der Waals surface area contributed by atoms with Gasteiger partial charge in [0, 0.05) is 37.1 Å². The minimum atomic E-state index is -4.14. The zero-order valence-corrected chi connectivity index (χ0v) is 28.9. The Balaban J connectivity index is 1.35. The van der Waals surface area contributed by atoms with Gasteiger partial charge in [-0.25, -0.2) is 13.2 Å². The Morgan fingerprint density at radius 3 is 2.65 bits per heavy atom. The third kappa shape index (κ3) is 8.56. The van der Waals surface area contributed by atoms with Crippen LogP contribution in [-0.4, -0.2) is 87.2 Å². The first-order valence-electron chi connectivity index (χ1n) is 16.8. The molecule has 2 saturated heterocycles. The van der Waals surface area contributed by atoms with Crippen LogP contribution >= 0.6 is 0 Å². The predicted octanol–water partition coefficient (Wildman–Crippen LogP) is 3.72. The molecule has 0 aliphatic carbocycles. The summed E-state index contributed by atoms with van der Waals surface area (Å²) in [7, 11) is -4.14. The first-order chi connectivity index (χ1) is 23.0. The van der Waals surface area contributed by atoms with Crippen LogP contribution in [0.5, 0.6) is 0 Å². The molecule has 262 valence electrons. The van der Waals surface area contributed by atoms with Crippen LogP contribution in [0.15, 0.2) is 59.6 Å². The Morgan fingerprint density at radius 1 is 1.15 bits per heavy atom. The summed E-state index contributed by atoms with van der Waals surface area (Å²) < 4.78 is 46.5. The van der Waals surface area contributed by atoms with E-state index in [1.807, 2.05) is 44.2 Å². The fourth-order valence-electron chi connectivity index (χ4n) is 6.16. The number of fused-ring (bicyclic) bond motifs is 2. The topological polar surface area (TPSA) is 156 Å². The number of nitrogens with zero attached hydrogens (tertiary/aromatic N) is 1. The number of anilines is 1. The summed E-state index contributed by atoms with van der Waals surface area (Å²) in [5.74, 6) is -0.0304. The number of amides is 2. The second-order valence-electron chi connectivity index (χ2n) is 13.3. The van der Waals surface area contributed by atoms with Crippen molar-refractivity contribution in [3.8, 4) is 0 Å². The number of benzene rings is 2. The van der Waals surface area contributed by atoms with Crippen LogP contribution in [0.2, 0.25) is 0 Å². The average Bonchev–Trinajstić information content (AvgIpc) is 3.76. The minimum absolute atomic E-state index is 0.0000235. The van der Waals surface area contributed by atoms with Crippen LogP contribution in [0.4, 0.5) is 10.5 Å². The molecule has 3 aliphatic heterocycles. The fraction of sp³-hybridized carbons (Fsp3) is 0.543. The van der Waals surface area contributed by atoms with Crippen LogP contribution in [0.3, 0.4) is 0 Å². The lowest BCUT2D eigenvalue weighted by molar-refractivity contribution is -0.110. The number of carbonyl (C=O) groups excluding carboxylic acids is 2. The van der Waals surface area contributed by atoms with Gasteiger partial charge in [0.25, 0.3) is 5.91 Å². The Hall–Kier alpha value is -3.49. The molecule has 4 N–H and O–H groups in total. The van der Waals surface area contributed by atoms with Crippen molar-refractivity contribution in [3.05, 3.63) is 65.9 Å². The minimum Gasteiger partial charge on any atom is -0.443 e. The second kappa shape index (κ2) is 15.8. The van der Waals surface area contributed by atoms with Crippen LogP contribution in [0, 0.1) is 17.8 Å². The summed E-state index contributed by atoms with van der Waals surface area (Å²) in [6.45, 7) is 9.26. The first-order valence-corrected chi connectivity index (χ1v) is 18.2. The number of carbonyl (C=O) groups is 2. The van der Waals surface area contributed by atoms with Crippen LogP contribution in [0.25, 0.3) is 5.57 Å². The van der Waals surface area contributed by atoms with Gasteiger partial charge >= 0.3 is 6.09 Å². The van der Waals surface area contributed by atoms with Gasteiger partial charge in [-0.1, -0.05) is 64.4 Å². The van der Waals surface area contributed by atoms with Gasteiger partial charge in [-0.2, -0.15) is 4.31 Å². The molecule has 2 fully saturated rings. The van der Waals surface area contributed by atoms with Gasteiger partial charge < -0.3 is 35.3 Å². The van der Waals surface area contributed by atoms with Crippen molar-refractivity contribution < 1.29 is 37.3 Å². The van der Waals surface area contributed by atoms with Crippen molar-refractivity contribution in [2.24, 2.45) is 17.8 Å². The second-order valence-corrected chi connectivity index (χ2v) is 15.3. The van der Waals surface area contributed by atoms with Gasteiger partial charge in [0.05, 0.1) is 41.7 Å². The van der Waals surface area contributed by atoms with Crippen molar-refractivity contribution >= 4 is 33.3 Å². The lowest BCUT2D eigenvalue weighted by atomic mass is 10.0. The fourth-order valence-corrected chi connectivity index (χ4v) is 7.81. The number of sulfonamides is 1. The van der Waals surface area contributed by atoms with Crippen LogP contribution in [0.1, 0.15) is 51.7 Å². The molecule has 0 bridgehead atoms. The van der Waals surface area contributed by atoms with Gasteiger partial charge in [0.2, 0.25) is 10.0 Å². The highest BCUT2D eigenvalue weighted by Gasteiger charge is 2.44. The van der Waals surface area contributed by atoms with Gasteiger partial charge in [0.15, 0.2) is 6.29 Å². The summed E-state index contributed by atoms with van der Waals surface area (Å²) in [5, 5.41) is 20.4. The van der Waals surface area contributed by atoms with Crippen molar-refractivity contribution in [3.63, 3.8) is 0 Å². The predicted molar refractivity (Wildman–Crippen MR) is 181 cm³/mol. The van der Waals surface area contributed by atoms with E-state index in [4.69, 9.17) is 14.2 Å². The lowest BCUT2D eigenvalue weighted by Crippen LogP contribution is -2.51. The van der Waals surface area contributed by atoms with E-state index in [1.165, 1.54) is 16.4 Å². The first kappa shape index (κ1) is 35.8. The van der Waals surface area contributed by atoms with Gasteiger partial charge in [-0.05, 0) is 48.4 Å². The highest BCUT2D eigenvalue weighted by atomic mass is 32.2. The van der Waals surface area contributed by atoms with Crippen molar-refractivity contribution in [1.29, 1.82) is 0 Å². The normalized spacial score (nSPS) is 23.1. The number of aliphatic hydroxyl groups is 1. The maximum absolute atomic E-state index is 14.2. The van der Waals surface area contributed by atoms with E-state index >= 15 is 0 Å². The molecule has 48 heavy (non-hydrogen) atoms. The number of aliphatic hydroxyl groups excluding tert-OH is 1. The van der Waals surface area contributed by atoms with Crippen molar-refractivity contribution in [2.45, 2.75) is 76.4 Å². The molecule has 0 aromatic heterocycles. The SMILES string of the molecule is CCC(C)CNC=C1C(=O)Nc2ccc(S(=O)(=O)N(CC(C)C)CC(O)C(Cc3ccccc3)NC(=O)OC3COC4OCCC34)cc21. The van der Waals surface area contributed by atoms with Crippen LogP contribution in [-0.2, 0) is 35.4 Å². The van der Waals surface area contributed by atoms with E-state index in [1.54, 1.807) is 12.3 Å². The largest absolute Gasteiger partial charge is 0.443 e. The number of ether oxygens (including phenoxy) is 3. The molecule has 3 aliphatic rings. The Kier molecular flexibility index (Phi) is 11.8.